The van der Waals surface area contributed by atoms with Crippen LogP contribution >= 0.6 is 15.9 Å². The fraction of sp³-hybridized carbons (Fsp3) is 0.231. The van der Waals surface area contributed by atoms with E-state index in [2.05, 4.69) is 26.3 Å². The molecule has 24 heavy (non-hydrogen) atoms. The Balaban J connectivity index is 2.45. The van der Waals surface area contributed by atoms with Crippen molar-refractivity contribution in [3.05, 3.63) is 45.6 Å². The number of benzene rings is 1. The summed E-state index contributed by atoms with van der Waals surface area (Å²) in [7, 11) is 1.52. The monoisotopic (exact) mass is 415 g/mol. The highest BCUT2D eigenvalue weighted by atomic mass is 79.9. The van der Waals surface area contributed by atoms with E-state index in [1.807, 2.05) is 0 Å². The van der Waals surface area contributed by atoms with Crippen LogP contribution in [-0.4, -0.2) is 15.7 Å². The molecule has 1 amide bonds. The number of carbonyl (C=O) groups excluding carboxylic acids is 1. The normalized spacial score (nSPS) is 12.3. The molecule has 0 spiro atoms. The van der Waals surface area contributed by atoms with Gasteiger partial charge in [-0.15, -0.1) is 0 Å². The number of carbonyl (C=O) groups is 1. The number of aromatic nitrogens is 2. The Kier molecular flexibility index (Phi) is 4.66. The van der Waals surface area contributed by atoms with E-state index in [1.165, 1.54) is 17.9 Å². The molecule has 1 aromatic heterocycles. The lowest BCUT2D eigenvalue weighted by Crippen LogP contribution is -2.17. The minimum absolute atomic E-state index is 0.0338. The van der Waals surface area contributed by atoms with Gasteiger partial charge in [-0.1, -0.05) is 0 Å². The second kappa shape index (κ2) is 6.11. The van der Waals surface area contributed by atoms with Crippen LogP contribution in [-0.2, 0) is 19.4 Å². The van der Waals surface area contributed by atoms with Gasteiger partial charge in [0, 0.05) is 18.8 Å². The first-order chi connectivity index (χ1) is 10.9. The van der Waals surface area contributed by atoms with Crippen molar-refractivity contribution in [3.63, 3.8) is 0 Å². The summed E-state index contributed by atoms with van der Waals surface area (Å²) in [5.74, 6) is -1.18. The fourth-order valence-corrected chi connectivity index (χ4v) is 2.28. The summed E-state index contributed by atoms with van der Waals surface area (Å²) in [6, 6.07) is 0.649. The van der Waals surface area contributed by atoms with Gasteiger partial charge in [-0.25, -0.2) is 0 Å². The number of hydrogen-bond donors (Lipinski definition) is 1. The smallest absolute Gasteiger partial charge is 0.304 e. The Bertz CT molecular complexity index is 749. The van der Waals surface area contributed by atoms with Crippen molar-refractivity contribution in [1.82, 2.24) is 9.78 Å². The summed E-state index contributed by atoms with van der Waals surface area (Å²) >= 11 is 3.05. The van der Waals surface area contributed by atoms with Gasteiger partial charge in [0.25, 0.3) is 5.91 Å². The Labute approximate surface area is 139 Å². The van der Waals surface area contributed by atoms with Crippen molar-refractivity contribution < 1.29 is 31.1 Å². The highest BCUT2D eigenvalue weighted by Crippen LogP contribution is 2.36. The molecule has 0 atom stereocenters. The van der Waals surface area contributed by atoms with Gasteiger partial charge in [-0.2, -0.15) is 31.4 Å². The van der Waals surface area contributed by atoms with Gasteiger partial charge in [0.1, 0.15) is 0 Å². The molecule has 130 valence electrons. The van der Waals surface area contributed by atoms with Crippen LogP contribution in [0.15, 0.2) is 28.9 Å². The molecule has 0 radical (unpaired) electrons. The Morgan fingerprint density at radius 1 is 1.08 bits per heavy atom. The molecule has 1 N–H and O–H groups in total. The van der Waals surface area contributed by atoms with Crippen molar-refractivity contribution in [1.29, 1.82) is 0 Å². The van der Waals surface area contributed by atoms with E-state index in [-0.39, 0.29) is 11.9 Å². The lowest BCUT2D eigenvalue weighted by molar-refractivity contribution is -0.143. The minimum Gasteiger partial charge on any atom is -0.304 e. The first-order valence-electron chi connectivity index (χ1n) is 6.18. The molecule has 0 unspecified atom stereocenters. The van der Waals surface area contributed by atoms with Crippen LogP contribution in [0.5, 0.6) is 0 Å². The predicted molar refractivity (Wildman–Crippen MR) is 75.3 cm³/mol. The Hall–Kier alpha value is -2.04. The fourth-order valence-electron chi connectivity index (χ4n) is 1.81. The Morgan fingerprint density at radius 3 is 1.96 bits per heavy atom. The highest BCUT2D eigenvalue weighted by molar-refractivity contribution is 9.10. The molecular weight excluding hydrogens is 408 g/mol. The van der Waals surface area contributed by atoms with Crippen molar-refractivity contribution in [3.8, 4) is 0 Å². The van der Waals surface area contributed by atoms with Gasteiger partial charge in [0.05, 0.1) is 15.6 Å². The zero-order chi connectivity index (χ0) is 18.3. The largest absolute Gasteiger partial charge is 0.416 e. The third-order valence-electron chi connectivity index (χ3n) is 2.87. The lowest BCUT2D eigenvalue weighted by Gasteiger charge is -2.13. The standard InChI is InChI=1S/C13H8BrF6N3O/c1-23-5-9(14)10(22-23)21-11(24)6-2-7(12(15,16)17)4-8(3-6)13(18,19)20/h2-5H,1H3,(H,21,22,24). The van der Waals surface area contributed by atoms with E-state index < -0.39 is 35.0 Å². The number of anilines is 1. The topological polar surface area (TPSA) is 46.9 Å². The van der Waals surface area contributed by atoms with E-state index in [1.54, 1.807) is 0 Å². The average Bonchev–Trinajstić information content (AvgIpc) is 2.74. The molecule has 4 nitrogen and oxygen atoms in total. The molecule has 0 aliphatic carbocycles. The maximum Gasteiger partial charge on any atom is 0.416 e. The van der Waals surface area contributed by atoms with Crippen LogP contribution in [0.25, 0.3) is 0 Å². The van der Waals surface area contributed by atoms with Crippen LogP contribution in [0.4, 0.5) is 32.2 Å². The lowest BCUT2D eigenvalue weighted by atomic mass is 10.0. The van der Waals surface area contributed by atoms with Gasteiger partial charge in [-0.3, -0.25) is 9.48 Å². The quantitative estimate of drug-likeness (QED) is 0.735. The van der Waals surface area contributed by atoms with Gasteiger partial charge in [0.15, 0.2) is 5.82 Å². The number of halogens is 7. The van der Waals surface area contributed by atoms with E-state index in [4.69, 9.17) is 0 Å². The predicted octanol–water partition coefficient (Wildman–Crippen LogP) is 4.47. The van der Waals surface area contributed by atoms with Crippen LogP contribution < -0.4 is 5.32 Å². The second-order valence-electron chi connectivity index (χ2n) is 4.75. The minimum atomic E-state index is -5.03. The van der Waals surface area contributed by atoms with Gasteiger partial charge in [0.2, 0.25) is 0 Å². The molecule has 0 saturated heterocycles. The van der Waals surface area contributed by atoms with Crippen molar-refractivity contribution in [2.45, 2.75) is 12.4 Å². The SMILES string of the molecule is Cn1cc(Br)c(NC(=O)c2cc(C(F)(F)F)cc(C(F)(F)F)c2)n1. The summed E-state index contributed by atoms with van der Waals surface area (Å²) in [6.07, 6.45) is -8.60. The van der Waals surface area contributed by atoms with Crippen LogP contribution in [0.1, 0.15) is 21.5 Å². The van der Waals surface area contributed by atoms with Crippen molar-refractivity contribution in [2.75, 3.05) is 5.32 Å². The summed E-state index contributed by atoms with van der Waals surface area (Å²) in [5, 5.41) is 5.96. The van der Waals surface area contributed by atoms with E-state index >= 15 is 0 Å². The number of amides is 1. The molecule has 0 fully saturated rings. The molecule has 1 heterocycles. The molecule has 0 saturated carbocycles. The molecule has 0 aliphatic heterocycles. The van der Waals surface area contributed by atoms with Gasteiger partial charge < -0.3 is 5.32 Å². The summed E-state index contributed by atoms with van der Waals surface area (Å²) in [4.78, 5) is 12.0. The molecule has 2 aromatic rings. The summed E-state index contributed by atoms with van der Waals surface area (Å²) in [6.45, 7) is 0. The zero-order valence-corrected chi connectivity index (χ0v) is 13.3. The third-order valence-corrected chi connectivity index (χ3v) is 3.45. The molecule has 0 aliphatic rings. The van der Waals surface area contributed by atoms with E-state index in [0.29, 0.717) is 16.6 Å². The van der Waals surface area contributed by atoms with Crippen LogP contribution in [0.3, 0.4) is 0 Å². The first kappa shape index (κ1) is 18.3. The number of hydrogen-bond acceptors (Lipinski definition) is 2. The summed E-state index contributed by atoms with van der Waals surface area (Å²) in [5.41, 5.74) is -3.92. The Morgan fingerprint density at radius 2 is 1.58 bits per heavy atom. The molecule has 1 aromatic carbocycles. The molecule has 0 bridgehead atoms. The van der Waals surface area contributed by atoms with Crippen LogP contribution in [0, 0.1) is 0 Å². The maximum absolute atomic E-state index is 12.8. The van der Waals surface area contributed by atoms with Crippen LogP contribution in [0.2, 0.25) is 0 Å². The van der Waals surface area contributed by atoms with E-state index in [9.17, 15) is 31.1 Å². The highest BCUT2D eigenvalue weighted by Gasteiger charge is 2.37. The van der Waals surface area contributed by atoms with E-state index in [0.717, 1.165) is 0 Å². The van der Waals surface area contributed by atoms with Crippen molar-refractivity contribution >= 4 is 27.7 Å². The number of aryl methyl sites for hydroxylation is 1. The average molecular weight is 416 g/mol. The maximum atomic E-state index is 12.8. The number of alkyl halides is 6. The van der Waals surface area contributed by atoms with Gasteiger partial charge >= 0.3 is 12.4 Å². The number of rotatable bonds is 2. The zero-order valence-electron chi connectivity index (χ0n) is 11.8. The molecular formula is C13H8BrF6N3O. The first-order valence-corrected chi connectivity index (χ1v) is 6.97. The van der Waals surface area contributed by atoms with Crippen molar-refractivity contribution in [2.24, 2.45) is 7.05 Å². The summed E-state index contributed by atoms with van der Waals surface area (Å²) < 4.78 is 78.2. The third kappa shape index (κ3) is 4.08. The molecule has 11 heteroatoms. The number of nitrogens with zero attached hydrogens (tertiary/aromatic N) is 2. The van der Waals surface area contributed by atoms with Gasteiger partial charge in [-0.05, 0) is 34.1 Å². The second-order valence-corrected chi connectivity index (χ2v) is 5.60. The number of nitrogens with one attached hydrogen (secondary N) is 1. The molecule has 2 rings (SSSR count).